The minimum atomic E-state index is -1.73. The fraction of sp³-hybridized carbons (Fsp3) is 0.846. The molecule has 0 amide bonds. The van der Waals surface area contributed by atoms with Crippen LogP contribution in [0.15, 0.2) is 12.2 Å². The van der Waals surface area contributed by atoms with Crippen molar-refractivity contribution in [3.8, 4) is 0 Å². The number of rotatable bonds is 6. The number of allylic oxidation sites excluding steroid dienone is 2. The van der Waals surface area contributed by atoms with Gasteiger partial charge < -0.3 is 13.3 Å². The number of fused-ring (bicyclic) bond motifs is 2. The van der Waals surface area contributed by atoms with Crippen LogP contribution in [-0.4, -0.2) is 29.3 Å². The van der Waals surface area contributed by atoms with Gasteiger partial charge in [-0.3, -0.25) is 0 Å². The lowest BCUT2D eigenvalue weighted by Crippen LogP contribution is -2.27. The van der Waals surface area contributed by atoms with E-state index in [4.69, 9.17) is 13.3 Å². The molecule has 17 heavy (non-hydrogen) atoms. The van der Waals surface area contributed by atoms with Crippen LogP contribution in [0.25, 0.3) is 0 Å². The van der Waals surface area contributed by atoms with Gasteiger partial charge in [0.1, 0.15) is 0 Å². The van der Waals surface area contributed by atoms with Crippen molar-refractivity contribution in [2.24, 2.45) is 11.8 Å². The van der Waals surface area contributed by atoms with Gasteiger partial charge in [-0.2, -0.15) is 0 Å². The first-order valence-electron chi connectivity index (χ1n) is 6.83. The number of hydrogen-bond acceptors (Lipinski definition) is 3. The molecule has 2 aliphatic carbocycles. The van der Waals surface area contributed by atoms with E-state index in [9.17, 15) is 0 Å². The lowest BCUT2D eigenvalue weighted by molar-refractivity contribution is 0.107. The number of hydrogen-bond donors (Lipinski definition) is 0. The van der Waals surface area contributed by atoms with Gasteiger partial charge in [-0.05, 0) is 51.9 Å². The molecule has 1 saturated carbocycles. The van der Waals surface area contributed by atoms with Gasteiger partial charge in [0, 0.05) is 19.8 Å². The summed E-state index contributed by atoms with van der Waals surface area (Å²) < 4.78 is 15.7. The van der Waals surface area contributed by atoms with Gasteiger partial charge in [0.15, 0.2) is 0 Å². The first kappa shape index (κ1) is 14.9. The van der Waals surface area contributed by atoms with Gasteiger partial charge >= 0.3 is 9.53 Å². The van der Waals surface area contributed by atoms with E-state index in [0.717, 1.165) is 11.8 Å². The van der Waals surface area contributed by atoms with E-state index < -0.39 is 9.53 Å². The summed E-state index contributed by atoms with van der Waals surface area (Å²) in [6.45, 7) is 7.86. The molecule has 3 nitrogen and oxygen atoms in total. The first-order chi connectivity index (χ1) is 8.30. The zero-order valence-electron chi connectivity index (χ0n) is 11.4. The van der Waals surface area contributed by atoms with Crippen LogP contribution in [0.1, 0.15) is 40.0 Å². The van der Waals surface area contributed by atoms with Crippen molar-refractivity contribution in [3.63, 3.8) is 0 Å². The Morgan fingerprint density at radius 1 is 0.882 bits per heavy atom. The summed E-state index contributed by atoms with van der Waals surface area (Å²) in [5.41, 5.74) is 0. The summed E-state index contributed by atoms with van der Waals surface area (Å²) in [7, 11) is -1.73. The molecule has 0 saturated heterocycles. The predicted molar refractivity (Wildman–Crippen MR) is 72.0 cm³/mol. The zero-order valence-corrected chi connectivity index (χ0v) is 12.5. The molecule has 0 aromatic carbocycles. The summed E-state index contributed by atoms with van der Waals surface area (Å²) in [6.07, 6.45) is 9.19. The third-order valence-electron chi connectivity index (χ3n) is 3.08. The maximum atomic E-state index is 5.22. The molecule has 100 valence electrons. The molecular weight excluding hydrogens is 232 g/mol. The Bertz CT molecular complexity index is 194. The average Bonchev–Trinajstić information content (AvgIpc) is 2.95. The maximum absolute atomic E-state index is 5.22. The molecule has 0 aromatic rings. The first-order valence-corrected chi connectivity index (χ1v) is 8.24. The van der Waals surface area contributed by atoms with Crippen LogP contribution in [0.4, 0.5) is 0 Å². The maximum Gasteiger partial charge on any atom is 0.484 e. The van der Waals surface area contributed by atoms with E-state index in [1.165, 1.54) is 19.3 Å². The summed E-state index contributed by atoms with van der Waals surface area (Å²) >= 11 is 0. The fourth-order valence-electron chi connectivity index (χ4n) is 2.27. The van der Waals surface area contributed by atoms with Gasteiger partial charge in [0.25, 0.3) is 0 Å². The second-order valence-electron chi connectivity index (χ2n) is 4.37. The summed E-state index contributed by atoms with van der Waals surface area (Å²) in [5, 5.41) is 0. The zero-order chi connectivity index (χ0) is 12.5. The lowest BCUT2D eigenvalue weighted by Gasteiger charge is -2.12. The van der Waals surface area contributed by atoms with Crippen LogP contribution < -0.4 is 0 Å². The van der Waals surface area contributed by atoms with Crippen LogP contribution in [-0.2, 0) is 13.3 Å². The van der Waals surface area contributed by atoms with Gasteiger partial charge in [0.05, 0.1) is 0 Å². The highest BCUT2D eigenvalue weighted by Gasteiger charge is 2.25. The molecule has 0 spiro atoms. The summed E-state index contributed by atoms with van der Waals surface area (Å²) in [5.74, 6) is 1.98. The molecule has 4 heteroatoms. The molecule has 0 radical (unpaired) electrons. The topological polar surface area (TPSA) is 27.7 Å². The Morgan fingerprint density at radius 2 is 1.29 bits per heavy atom. The van der Waals surface area contributed by atoms with Gasteiger partial charge in [0.2, 0.25) is 0 Å². The molecular formula is C13H26O3Si. The molecule has 2 unspecified atom stereocenters. The van der Waals surface area contributed by atoms with E-state index in [1.807, 2.05) is 20.8 Å². The fourth-order valence-corrected chi connectivity index (χ4v) is 3.37. The van der Waals surface area contributed by atoms with Crippen LogP contribution >= 0.6 is 0 Å². The highest BCUT2D eigenvalue weighted by atomic mass is 28.3. The van der Waals surface area contributed by atoms with Gasteiger partial charge in [-0.15, -0.1) is 0 Å². The molecule has 2 bridgehead atoms. The van der Waals surface area contributed by atoms with Gasteiger partial charge in [-0.25, -0.2) is 0 Å². The van der Waals surface area contributed by atoms with Crippen molar-refractivity contribution in [3.05, 3.63) is 12.2 Å². The van der Waals surface area contributed by atoms with E-state index in [-0.39, 0.29) is 0 Å². The van der Waals surface area contributed by atoms with E-state index in [0.29, 0.717) is 19.8 Å². The Kier molecular flexibility index (Phi) is 7.76. The highest BCUT2D eigenvalue weighted by Crippen LogP contribution is 2.38. The van der Waals surface area contributed by atoms with E-state index >= 15 is 0 Å². The molecule has 1 fully saturated rings. The van der Waals surface area contributed by atoms with Crippen LogP contribution in [0, 0.1) is 11.8 Å². The quantitative estimate of drug-likeness (QED) is 0.541. The normalized spacial score (nSPS) is 25.2. The third kappa shape index (κ3) is 5.81. The minimum absolute atomic E-state index is 0.677. The minimum Gasteiger partial charge on any atom is -0.376 e. The van der Waals surface area contributed by atoms with Crippen molar-refractivity contribution in [2.45, 2.75) is 40.0 Å². The van der Waals surface area contributed by atoms with Crippen molar-refractivity contribution < 1.29 is 13.3 Å². The van der Waals surface area contributed by atoms with Crippen LogP contribution in [0.3, 0.4) is 0 Å². The Labute approximate surface area is 107 Å². The van der Waals surface area contributed by atoms with Crippen molar-refractivity contribution in [1.29, 1.82) is 0 Å². The SMILES string of the molecule is C1=CC2CCC1C2.CCO[SiH](OCC)OCC. The Morgan fingerprint density at radius 3 is 1.47 bits per heavy atom. The second-order valence-corrected chi connectivity index (χ2v) is 5.95. The lowest BCUT2D eigenvalue weighted by atomic mass is 10.1. The Hall–Kier alpha value is -0.163. The average molecular weight is 258 g/mol. The van der Waals surface area contributed by atoms with E-state index in [2.05, 4.69) is 12.2 Å². The summed E-state index contributed by atoms with van der Waals surface area (Å²) in [6, 6.07) is 0. The molecule has 0 heterocycles. The van der Waals surface area contributed by atoms with E-state index in [1.54, 1.807) is 0 Å². The Balaban J connectivity index is 0.000000177. The van der Waals surface area contributed by atoms with Gasteiger partial charge in [-0.1, -0.05) is 12.2 Å². The smallest absolute Gasteiger partial charge is 0.376 e. The largest absolute Gasteiger partial charge is 0.484 e. The highest BCUT2D eigenvalue weighted by molar-refractivity contribution is 6.36. The van der Waals surface area contributed by atoms with Crippen LogP contribution in [0.5, 0.6) is 0 Å². The molecule has 0 aliphatic heterocycles. The monoisotopic (exact) mass is 258 g/mol. The molecule has 0 N–H and O–H groups in total. The standard InChI is InChI=1S/C7H10.C6H16O3Si/c1-2-7-4-3-6(1)5-7;1-4-7-10(8-5-2)9-6-3/h1-2,6-7H,3-5H2;10H,4-6H2,1-3H3. The van der Waals surface area contributed by atoms with Crippen molar-refractivity contribution in [1.82, 2.24) is 0 Å². The van der Waals surface area contributed by atoms with Crippen LogP contribution in [0.2, 0.25) is 0 Å². The van der Waals surface area contributed by atoms with Crippen molar-refractivity contribution in [2.75, 3.05) is 19.8 Å². The third-order valence-corrected chi connectivity index (χ3v) is 4.89. The second kappa shape index (κ2) is 8.86. The predicted octanol–water partition coefficient (Wildman–Crippen LogP) is 2.79. The summed E-state index contributed by atoms with van der Waals surface area (Å²) in [4.78, 5) is 0. The molecule has 2 rings (SSSR count). The molecule has 0 aromatic heterocycles. The molecule has 2 aliphatic rings. The van der Waals surface area contributed by atoms with Crippen molar-refractivity contribution >= 4 is 9.53 Å². The molecule has 2 atom stereocenters.